The number of nitrogens with one attached hydrogen (secondary N) is 1. The molecule has 1 aliphatic carbocycles. The van der Waals surface area contributed by atoms with Gasteiger partial charge in [0.05, 0.1) is 0 Å². The summed E-state index contributed by atoms with van der Waals surface area (Å²) in [5, 5.41) is 3.63. The molecule has 0 bridgehead atoms. The maximum Gasteiger partial charge on any atom is 0.228 e. The topological polar surface area (TPSA) is 29.1 Å². The van der Waals surface area contributed by atoms with E-state index in [0.717, 1.165) is 17.1 Å². The standard InChI is InChI=1S/C10H8ClNO/c11-5-1-2-9-7(3-5)6-4-8(6)10(13)12-9/h1-3,6,8H,4H2,(H,12,13). The second kappa shape index (κ2) is 2.26. The van der Waals surface area contributed by atoms with E-state index in [-0.39, 0.29) is 11.8 Å². The Labute approximate surface area is 80.9 Å². The molecule has 2 unspecified atom stereocenters. The first-order valence-electron chi connectivity index (χ1n) is 4.36. The van der Waals surface area contributed by atoms with Crippen molar-refractivity contribution in [2.45, 2.75) is 12.3 Å². The molecule has 2 nitrogen and oxygen atoms in total. The van der Waals surface area contributed by atoms with Crippen molar-refractivity contribution in [1.29, 1.82) is 0 Å². The Morgan fingerprint density at radius 3 is 3.08 bits per heavy atom. The Bertz CT molecular complexity index is 402. The van der Waals surface area contributed by atoms with Crippen LogP contribution in [0.4, 0.5) is 5.69 Å². The van der Waals surface area contributed by atoms with E-state index in [4.69, 9.17) is 11.6 Å². The first-order chi connectivity index (χ1) is 6.25. The molecule has 1 aromatic carbocycles. The fourth-order valence-electron chi connectivity index (χ4n) is 2.01. The summed E-state index contributed by atoms with van der Waals surface area (Å²) < 4.78 is 0. The fourth-order valence-corrected chi connectivity index (χ4v) is 2.19. The molecule has 0 spiro atoms. The highest BCUT2D eigenvalue weighted by atomic mass is 35.5. The molecule has 0 aromatic heterocycles. The van der Waals surface area contributed by atoms with Crippen LogP contribution in [0.2, 0.25) is 5.02 Å². The van der Waals surface area contributed by atoms with Gasteiger partial charge in [0.1, 0.15) is 0 Å². The molecule has 1 fully saturated rings. The van der Waals surface area contributed by atoms with Crippen molar-refractivity contribution in [3.63, 3.8) is 0 Å². The highest BCUT2D eigenvalue weighted by Gasteiger charge is 2.48. The summed E-state index contributed by atoms with van der Waals surface area (Å²) >= 11 is 5.88. The van der Waals surface area contributed by atoms with Gasteiger partial charge < -0.3 is 5.32 Å². The summed E-state index contributed by atoms with van der Waals surface area (Å²) in [4.78, 5) is 11.3. The molecule has 13 heavy (non-hydrogen) atoms. The zero-order valence-electron chi connectivity index (χ0n) is 6.88. The molecule has 3 rings (SSSR count). The third-order valence-electron chi connectivity index (χ3n) is 2.80. The van der Waals surface area contributed by atoms with Crippen LogP contribution in [0.1, 0.15) is 17.9 Å². The number of hydrogen-bond acceptors (Lipinski definition) is 1. The van der Waals surface area contributed by atoms with Crippen molar-refractivity contribution < 1.29 is 4.79 Å². The molecule has 1 aliphatic heterocycles. The highest BCUT2D eigenvalue weighted by molar-refractivity contribution is 6.30. The summed E-state index contributed by atoms with van der Waals surface area (Å²) in [7, 11) is 0. The van der Waals surface area contributed by atoms with Crippen LogP contribution in [-0.4, -0.2) is 5.91 Å². The van der Waals surface area contributed by atoms with E-state index in [0.29, 0.717) is 5.92 Å². The van der Waals surface area contributed by atoms with E-state index in [1.54, 1.807) is 0 Å². The lowest BCUT2D eigenvalue weighted by molar-refractivity contribution is -0.117. The number of halogens is 1. The quantitative estimate of drug-likeness (QED) is 0.674. The fraction of sp³-hybridized carbons (Fsp3) is 0.300. The van der Waals surface area contributed by atoms with Crippen LogP contribution in [-0.2, 0) is 4.79 Å². The molecular formula is C10H8ClNO. The van der Waals surface area contributed by atoms with Crippen molar-refractivity contribution in [3.8, 4) is 0 Å². The van der Waals surface area contributed by atoms with Gasteiger partial charge in [-0.2, -0.15) is 0 Å². The third kappa shape index (κ3) is 0.985. The van der Waals surface area contributed by atoms with Gasteiger partial charge >= 0.3 is 0 Å². The van der Waals surface area contributed by atoms with E-state index in [1.165, 1.54) is 5.56 Å². The second-order valence-electron chi connectivity index (χ2n) is 3.67. The van der Waals surface area contributed by atoms with E-state index in [1.807, 2.05) is 18.2 Å². The maximum absolute atomic E-state index is 11.3. The van der Waals surface area contributed by atoms with Crippen LogP contribution >= 0.6 is 11.6 Å². The molecule has 1 amide bonds. The molecule has 0 radical (unpaired) electrons. The first kappa shape index (κ1) is 7.39. The molecule has 66 valence electrons. The Morgan fingerprint density at radius 2 is 2.23 bits per heavy atom. The van der Waals surface area contributed by atoms with Crippen molar-refractivity contribution in [2.75, 3.05) is 5.32 Å². The minimum Gasteiger partial charge on any atom is -0.326 e. The summed E-state index contributed by atoms with van der Waals surface area (Å²) in [6.07, 6.45) is 0.985. The van der Waals surface area contributed by atoms with Crippen LogP contribution in [0.3, 0.4) is 0 Å². The SMILES string of the molecule is O=C1Nc2ccc(Cl)cc2C2CC12. The number of anilines is 1. The average Bonchev–Trinajstić information content (AvgIpc) is 2.86. The Balaban J connectivity index is 2.15. The molecular weight excluding hydrogens is 186 g/mol. The van der Waals surface area contributed by atoms with Gasteiger partial charge in [0, 0.05) is 16.6 Å². The number of fused-ring (bicyclic) bond motifs is 3. The van der Waals surface area contributed by atoms with Gasteiger partial charge in [-0.25, -0.2) is 0 Å². The normalized spacial score (nSPS) is 28.8. The highest BCUT2D eigenvalue weighted by Crippen LogP contribution is 2.53. The first-order valence-corrected chi connectivity index (χ1v) is 4.74. The van der Waals surface area contributed by atoms with Crippen LogP contribution in [0.25, 0.3) is 0 Å². The van der Waals surface area contributed by atoms with Crippen molar-refractivity contribution >= 4 is 23.2 Å². The monoisotopic (exact) mass is 193 g/mol. The summed E-state index contributed by atoms with van der Waals surface area (Å²) in [5.74, 6) is 0.813. The van der Waals surface area contributed by atoms with Gasteiger partial charge in [0.15, 0.2) is 0 Å². The number of benzene rings is 1. The number of carbonyl (C=O) groups excluding carboxylic acids is 1. The Kier molecular flexibility index (Phi) is 1.29. The number of hydrogen-bond donors (Lipinski definition) is 1. The number of amides is 1. The number of rotatable bonds is 0. The maximum atomic E-state index is 11.3. The molecule has 2 aliphatic rings. The lowest BCUT2D eigenvalue weighted by Crippen LogP contribution is -2.19. The smallest absolute Gasteiger partial charge is 0.228 e. The molecule has 2 atom stereocenters. The summed E-state index contributed by atoms with van der Waals surface area (Å²) in [6.45, 7) is 0. The van der Waals surface area contributed by atoms with Crippen LogP contribution in [0.15, 0.2) is 18.2 Å². The van der Waals surface area contributed by atoms with E-state index >= 15 is 0 Å². The summed E-state index contributed by atoms with van der Waals surface area (Å²) in [6, 6.07) is 5.65. The lowest BCUT2D eigenvalue weighted by atomic mass is 10.0. The van der Waals surface area contributed by atoms with Gasteiger partial charge in [-0.05, 0) is 36.1 Å². The minimum atomic E-state index is 0.167. The van der Waals surface area contributed by atoms with Gasteiger partial charge in [-0.1, -0.05) is 11.6 Å². The zero-order valence-corrected chi connectivity index (χ0v) is 7.64. The molecule has 3 heteroatoms. The largest absolute Gasteiger partial charge is 0.326 e. The van der Waals surface area contributed by atoms with Gasteiger partial charge in [0.2, 0.25) is 5.91 Å². The van der Waals surface area contributed by atoms with E-state index < -0.39 is 0 Å². The zero-order chi connectivity index (χ0) is 9.00. The number of carbonyl (C=O) groups is 1. The predicted molar refractivity (Wildman–Crippen MR) is 50.9 cm³/mol. The van der Waals surface area contributed by atoms with Gasteiger partial charge in [-0.15, -0.1) is 0 Å². The predicted octanol–water partition coefficient (Wildman–Crippen LogP) is 2.40. The second-order valence-corrected chi connectivity index (χ2v) is 4.11. The van der Waals surface area contributed by atoms with Crippen LogP contribution in [0.5, 0.6) is 0 Å². The van der Waals surface area contributed by atoms with Crippen molar-refractivity contribution in [3.05, 3.63) is 28.8 Å². The Morgan fingerprint density at radius 1 is 1.38 bits per heavy atom. The molecule has 1 heterocycles. The average molecular weight is 194 g/mol. The van der Waals surface area contributed by atoms with Crippen LogP contribution in [0, 0.1) is 5.92 Å². The summed E-state index contributed by atoms with van der Waals surface area (Å²) in [5.41, 5.74) is 2.14. The van der Waals surface area contributed by atoms with E-state index in [9.17, 15) is 4.79 Å². The van der Waals surface area contributed by atoms with Crippen molar-refractivity contribution in [2.24, 2.45) is 5.92 Å². The molecule has 1 aromatic rings. The van der Waals surface area contributed by atoms with Crippen LogP contribution < -0.4 is 5.32 Å². The lowest BCUT2D eigenvalue weighted by Gasteiger charge is -2.15. The van der Waals surface area contributed by atoms with Crippen molar-refractivity contribution in [1.82, 2.24) is 0 Å². The van der Waals surface area contributed by atoms with E-state index in [2.05, 4.69) is 5.32 Å². The Hall–Kier alpha value is -1.02. The van der Waals surface area contributed by atoms with Gasteiger partial charge in [-0.3, -0.25) is 4.79 Å². The van der Waals surface area contributed by atoms with Gasteiger partial charge in [0.25, 0.3) is 0 Å². The molecule has 0 saturated heterocycles. The third-order valence-corrected chi connectivity index (χ3v) is 3.03. The molecule has 1 saturated carbocycles. The minimum absolute atomic E-state index is 0.167. The molecule has 1 N–H and O–H groups in total.